The molecule has 0 fully saturated rings. The fraction of sp³-hybridized carbons (Fsp3) is 0.192. The Morgan fingerprint density at radius 1 is 0.806 bits per heavy atom. The molecular formula is C26H23I2N3. The van der Waals surface area contributed by atoms with E-state index in [0.29, 0.717) is 0 Å². The number of rotatable bonds is 5. The molecule has 0 spiro atoms. The predicted molar refractivity (Wildman–Crippen MR) is 146 cm³/mol. The van der Waals surface area contributed by atoms with Crippen molar-refractivity contribution < 1.29 is 0 Å². The van der Waals surface area contributed by atoms with Crippen molar-refractivity contribution in [3.05, 3.63) is 95.3 Å². The van der Waals surface area contributed by atoms with Gasteiger partial charge in [-0.05, 0) is 29.7 Å². The minimum Gasteiger partial charge on any atom is -0.381 e. The third-order valence-corrected chi connectivity index (χ3v) is 7.74. The second-order valence-corrected chi connectivity index (χ2v) is 9.53. The molecule has 3 aromatic carbocycles. The molecule has 0 aliphatic carbocycles. The van der Waals surface area contributed by atoms with Gasteiger partial charge in [0.2, 0.25) is 0 Å². The van der Waals surface area contributed by atoms with Crippen molar-refractivity contribution in [1.29, 1.82) is 0 Å². The molecule has 0 saturated heterocycles. The number of anilines is 1. The Balaban J connectivity index is 1.64. The van der Waals surface area contributed by atoms with E-state index >= 15 is 0 Å². The van der Waals surface area contributed by atoms with E-state index in [-0.39, 0.29) is 12.0 Å². The second kappa shape index (κ2) is 8.94. The lowest BCUT2D eigenvalue weighted by Crippen LogP contribution is -2.18. The highest BCUT2D eigenvalue weighted by Crippen LogP contribution is 2.41. The number of benzene rings is 3. The van der Waals surface area contributed by atoms with Crippen molar-refractivity contribution in [3.8, 4) is 22.5 Å². The summed E-state index contributed by atoms with van der Waals surface area (Å²) in [6.45, 7) is 2.23. The van der Waals surface area contributed by atoms with Crippen molar-refractivity contribution in [1.82, 2.24) is 9.97 Å². The Hall–Kier alpha value is -1.87. The summed E-state index contributed by atoms with van der Waals surface area (Å²) in [6.07, 6.45) is 0. The predicted octanol–water partition coefficient (Wildman–Crippen LogP) is 7.56. The number of imidazole rings is 1. The van der Waals surface area contributed by atoms with E-state index in [4.69, 9.17) is 4.98 Å². The van der Waals surface area contributed by atoms with E-state index in [2.05, 4.69) is 135 Å². The first-order valence-corrected chi connectivity index (χ1v) is 13.5. The summed E-state index contributed by atoms with van der Waals surface area (Å²) in [5.41, 5.74) is 9.61. The number of hydrogen-bond donors (Lipinski definition) is 2. The summed E-state index contributed by atoms with van der Waals surface area (Å²) < 4.78 is 2.02. The van der Waals surface area contributed by atoms with Crippen LogP contribution in [0, 0.1) is 0 Å². The van der Waals surface area contributed by atoms with Gasteiger partial charge in [0.05, 0.1) is 17.3 Å². The first-order chi connectivity index (χ1) is 15.2. The van der Waals surface area contributed by atoms with Gasteiger partial charge in [-0.3, -0.25) is 0 Å². The molecule has 2 N–H and O–H groups in total. The van der Waals surface area contributed by atoms with Crippen LogP contribution >= 0.6 is 45.2 Å². The normalized spacial score (nSPS) is 17.4. The Morgan fingerprint density at radius 3 is 2.06 bits per heavy atom. The molecule has 2 heterocycles. The molecular weight excluding hydrogens is 608 g/mol. The van der Waals surface area contributed by atoms with Crippen LogP contribution < -0.4 is 5.32 Å². The van der Waals surface area contributed by atoms with Crippen LogP contribution in [0.25, 0.3) is 22.5 Å². The van der Waals surface area contributed by atoms with Crippen LogP contribution in [0.1, 0.15) is 35.4 Å². The molecule has 2 unspecified atom stereocenters. The smallest absolute Gasteiger partial charge is 0.117 e. The summed E-state index contributed by atoms with van der Waals surface area (Å²) in [4.78, 5) is 8.91. The zero-order chi connectivity index (χ0) is 21.4. The number of aromatic nitrogens is 2. The highest BCUT2D eigenvalue weighted by atomic mass is 127. The van der Waals surface area contributed by atoms with Crippen molar-refractivity contribution in [2.45, 2.75) is 27.7 Å². The van der Waals surface area contributed by atoms with Crippen molar-refractivity contribution in [2.75, 3.05) is 5.32 Å². The number of nitrogens with zero attached hydrogens (tertiary/aromatic N) is 1. The quantitative estimate of drug-likeness (QED) is 0.177. The van der Waals surface area contributed by atoms with Gasteiger partial charge >= 0.3 is 0 Å². The molecule has 4 aromatic rings. The van der Waals surface area contributed by atoms with Gasteiger partial charge in [-0.1, -0.05) is 112 Å². The van der Waals surface area contributed by atoms with E-state index in [1.807, 2.05) is 0 Å². The number of alkyl halides is 2. The van der Waals surface area contributed by atoms with E-state index in [9.17, 15) is 0 Å². The second-order valence-electron chi connectivity index (χ2n) is 8.00. The summed E-state index contributed by atoms with van der Waals surface area (Å²) in [5, 5.41) is 3.62. The molecule has 0 saturated carbocycles. The van der Waals surface area contributed by atoms with Gasteiger partial charge in [0.25, 0.3) is 0 Å². The van der Waals surface area contributed by atoms with Gasteiger partial charge < -0.3 is 10.3 Å². The lowest BCUT2D eigenvalue weighted by atomic mass is 9.95. The van der Waals surface area contributed by atoms with E-state index < -0.39 is 0 Å². The van der Waals surface area contributed by atoms with Crippen molar-refractivity contribution >= 4 is 50.9 Å². The summed E-state index contributed by atoms with van der Waals surface area (Å²) >= 11 is 4.81. The van der Waals surface area contributed by atoms with Gasteiger partial charge in [-0.25, -0.2) is 4.98 Å². The molecule has 2 atom stereocenters. The molecule has 3 nitrogen and oxygen atoms in total. The fourth-order valence-electron chi connectivity index (χ4n) is 4.35. The summed E-state index contributed by atoms with van der Waals surface area (Å²) in [7, 11) is 0. The van der Waals surface area contributed by atoms with E-state index in [1.165, 1.54) is 27.9 Å². The first kappa shape index (κ1) is 21.0. The van der Waals surface area contributed by atoms with Gasteiger partial charge in [-0.2, -0.15) is 0 Å². The van der Waals surface area contributed by atoms with Crippen LogP contribution in [0.4, 0.5) is 5.69 Å². The third kappa shape index (κ3) is 4.02. The zero-order valence-electron chi connectivity index (χ0n) is 17.2. The fourth-order valence-corrected chi connectivity index (χ4v) is 5.37. The average molecular weight is 631 g/mol. The number of fused-ring (bicyclic) bond motifs is 1. The van der Waals surface area contributed by atoms with Crippen LogP contribution in [-0.2, 0) is 8.86 Å². The average Bonchev–Trinajstić information content (AvgIpc) is 3.39. The van der Waals surface area contributed by atoms with Gasteiger partial charge in [0, 0.05) is 31.7 Å². The minimum atomic E-state index is 0.200. The molecule has 156 valence electrons. The zero-order valence-corrected chi connectivity index (χ0v) is 21.5. The molecule has 5 heteroatoms. The largest absolute Gasteiger partial charge is 0.381 e. The molecule has 31 heavy (non-hydrogen) atoms. The van der Waals surface area contributed by atoms with Crippen LogP contribution in [0.5, 0.6) is 0 Å². The maximum Gasteiger partial charge on any atom is 0.117 e. The van der Waals surface area contributed by atoms with Gasteiger partial charge in [-0.15, -0.1) is 0 Å². The highest BCUT2D eigenvalue weighted by molar-refractivity contribution is 14.1. The van der Waals surface area contributed by atoms with E-state index in [1.54, 1.807) is 0 Å². The SMILES string of the molecule is CC1Nc2ccccc2C1c1nc(-c2ccc(CI)cc2)c(-c2ccc(CI)cc2)[nH]1. The monoisotopic (exact) mass is 631 g/mol. The van der Waals surface area contributed by atoms with E-state index in [0.717, 1.165) is 31.6 Å². The highest BCUT2D eigenvalue weighted by Gasteiger charge is 2.33. The Labute approximate surface area is 210 Å². The maximum absolute atomic E-state index is 5.19. The number of nitrogens with one attached hydrogen (secondary N) is 2. The van der Waals surface area contributed by atoms with Crippen molar-refractivity contribution in [3.63, 3.8) is 0 Å². The maximum atomic E-state index is 5.19. The van der Waals surface area contributed by atoms with Crippen LogP contribution in [-0.4, -0.2) is 16.0 Å². The molecule has 0 bridgehead atoms. The first-order valence-electron chi connectivity index (χ1n) is 10.4. The summed E-state index contributed by atoms with van der Waals surface area (Å²) in [5.74, 6) is 1.22. The third-order valence-electron chi connectivity index (χ3n) is 5.97. The lowest BCUT2D eigenvalue weighted by Gasteiger charge is -2.13. The Kier molecular flexibility index (Phi) is 6.05. The lowest BCUT2D eigenvalue weighted by molar-refractivity contribution is 0.691. The number of aromatic amines is 1. The Bertz CT molecular complexity index is 1130. The molecule has 0 radical (unpaired) electrons. The molecule has 1 aliphatic heterocycles. The number of halogens is 2. The number of hydrogen-bond acceptors (Lipinski definition) is 2. The molecule has 0 amide bonds. The van der Waals surface area contributed by atoms with Gasteiger partial charge in [0.15, 0.2) is 0 Å². The number of H-pyrrole nitrogens is 1. The molecule has 1 aromatic heterocycles. The Morgan fingerprint density at radius 2 is 1.42 bits per heavy atom. The minimum absolute atomic E-state index is 0.200. The molecule has 1 aliphatic rings. The number of para-hydroxylation sites is 1. The molecule has 5 rings (SSSR count). The topological polar surface area (TPSA) is 40.7 Å². The van der Waals surface area contributed by atoms with Crippen LogP contribution in [0.2, 0.25) is 0 Å². The summed E-state index contributed by atoms with van der Waals surface area (Å²) in [6, 6.07) is 26.5. The van der Waals surface area contributed by atoms with Crippen molar-refractivity contribution in [2.24, 2.45) is 0 Å². The van der Waals surface area contributed by atoms with Gasteiger partial charge in [0.1, 0.15) is 5.82 Å². The standard InChI is InChI=1S/C26H23I2N3/c1-16-23(21-4-2-3-5-22(21)29-16)26-30-24(19-10-6-17(14-27)7-11-19)25(31-26)20-12-8-18(15-28)9-13-20/h2-13,16,23,29H,14-15H2,1H3,(H,30,31). The van der Waals surface area contributed by atoms with Crippen LogP contribution in [0.3, 0.4) is 0 Å². The van der Waals surface area contributed by atoms with Crippen LogP contribution in [0.15, 0.2) is 72.8 Å².